The van der Waals surface area contributed by atoms with Crippen molar-refractivity contribution >= 4 is 5.91 Å². The van der Waals surface area contributed by atoms with Crippen LogP contribution in [0.1, 0.15) is 82.9 Å². The Morgan fingerprint density at radius 3 is 2.31 bits per heavy atom. The average Bonchev–Trinajstić information content (AvgIpc) is 2.81. The molecule has 2 atom stereocenters. The topological polar surface area (TPSA) is 61.4 Å². The number of carbonyl (C=O) groups excluding carboxylic acids is 1. The molecule has 1 fully saturated rings. The summed E-state index contributed by atoms with van der Waals surface area (Å²) in [6, 6.07) is 11.3. The van der Waals surface area contributed by atoms with E-state index in [1.165, 1.54) is 29.7 Å². The molecule has 1 aliphatic rings. The zero-order valence-electron chi connectivity index (χ0n) is 21.5. The van der Waals surface area contributed by atoms with Crippen LogP contribution in [0.4, 0.5) is 8.78 Å². The van der Waals surface area contributed by atoms with Gasteiger partial charge in [0.05, 0.1) is 12.1 Å². The van der Waals surface area contributed by atoms with E-state index in [9.17, 15) is 18.7 Å². The van der Waals surface area contributed by atoms with E-state index in [4.69, 9.17) is 0 Å². The fourth-order valence-corrected chi connectivity index (χ4v) is 5.02. The number of carbonyl (C=O) groups is 1. The highest BCUT2D eigenvalue weighted by Gasteiger charge is 2.35. The molecule has 4 nitrogen and oxygen atoms in total. The summed E-state index contributed by atoms with van der Waals surface area (Å²) >= 11 is 0. The summed E-state index contributed by atoms with van der Waals surface area (Å²) in [6.07, 6.45) is 4.78. The summed E-state index contributed by atoms with van der Waals surface area (Å²) in [5.41, 5.74) is 2.65. The second-order valence-electron chi connectivity index (χ2n) is 10.9. The molecule has 3 rings (SSSR count). The van der Waals surface area contributed by atoms with E-state index < -0.39 is 23.8 Å². The minimum Gasteiger partial charge on any atom is -0.390 e. The summed E-state index contributed by atoms with van der Waals surface area (Å²) in [7, 11) is 0. The highest BCUT2D eigenvalue weighted by molar-refractivity contribution is 5.75. The molecule has 0 aromatic heterocycles. The Morgan fingerprint density at radius 1 is 1.06 bits per heavy atom. The molecule has 0 saturated heterocycles. The van der Waals surface area contributed by atoms with Crippen molar-refractivity contribution in [3.05, 3.63) is 70.8 Å². The maximum atomic E-state index is 13.8. The standard InChI is InChI=1S/C29H40F2N2O2/c1-5-27(35)33-25(16-20-14-23(30)18-24(31)15-20)26(34)19-32-29(12-7-6-8-13-29)22-11-9-10-21(17-22)28(2,3)4/h9-11,14-15,17-18,25-26,32,34H,5-8,12-13,16,19H2,1-4H3,(H,33,35). The van der Waals surface area contributed by atoms with E-state index in [1.807, 2.05) is 0 Å². The van der Waals surface area contributed by atoms with Gasteiger partial charge < -0.3 is 15.7 Å². The Kier molecular flexibility index (Phi) is 9.05. The van der Waals surface area contributed by atoms with Crippen molar-refractivity contribution in [2.45, 2.75) is 95.7 Å². The third-order valence-corrected chi connectivity index (χ3v) is 7.15. The number of aliphatic hydroxyl groups excluding tert-OH is 1. The van der Waals surface area contributed by atoms with E-state index in [1.54, 1.807) is 6.92 Å². The van der Waals surface area contributed by atoms with Gasteiger partial charge in [0.15, 0.2) is 0 Å². The van der Waals surface area contributed by atoms with Crippen molar-refractivity contribution in [1.29, 1.82) is 0 Å². The van der Waals surface area contributed by atoms with E-state index in [0.29, 0.717) is 5.56 Å². The van der Waals surface area contributed by atoms with Gasteiger partial charge in [0.25, 0.3) is 0 Å². The molecular weight excluding hydrogens is 446 g/mol. The van der Waals surface area contributed by atoms with Crippen molar-refractivity contribution in [1.82, 2.24) is 10.6 Å². The Bertz CT molecular complexity index is 976. The van der Waals surface area contributed by atoms with Gasteiger partial charge in [0.1, 0.15) is 11.6 Å². The zero-order chi connectivity index (χ0) is 25.6. The molecule has 6 heteroatoms. The number of hydrogen-bond acceptors (Lipinski definition) is 3. The molecule has 0 radical (unpaired) electrons. The molecule has 1 aliphatic carbocycles. The Hall–Kier alpha value is -2.31. The van der Waals surface area contributed by atoms with Crippen LogP contribution >= 0.6 is 0 Å². The van der Waals surface area contributed by atoms with Crippen LogP contribution in [0.5, 0.6) is 0 Å². The maximum Gasteiger partial charge on any atom is 0.220 e. The van der Waals surface area contributed by atoms with Gasteiger partial charge in [-0.05, 0) is 53.5 Å². The minimum atomic E-state index is -0.929. The smallest absolute Gasteiger partial charge is 0.220 e. The van der Waals surface area contributed by atoms with Crippen LogP contribution in [-0.2, 0) is 22.2 Å². The van der Waals surface area contributed by atoms with Crippen LogP contribution in [0, 0.1) is 11.6 Å². The monoisotopic (exact) mass is 486 g/mol. The van der Waals surface area contributed by atoms with Gasteiger partial charge in [-0.25, -0.2) is 8.78 Å². The van der Waals surface area contributed by atoms with Crippen molar-refractivity contribution < 1.29 is 18.7 Å². The number of halogens is 2. The molecule has 2 aromatic carbocycles. The molecule has 35 heavy (non-hydrogen) atoms. The van der Waals surface area contributed by atoms with Crippen molar-refractivity contribution in [3.63, 3.8) is 0 Å². The molecule has 0 spiro atoms. The van der Waals surface area contributed by atoms with Gasteiger partial charge in [-0.2, -0.15) is 0 Å². The number of amides is 1. The van der Waals surface area contributed by atoms with Crippen LogP contribution in [0.25, 0.3) is 0 Å². The van der Waals surface area contributed by atoms with Gasteiger partial charge in [0, 0.05) is 24.6 Å². The first-order valence-electron chi connectivity index (χ1n) is 12.8. The first kappa shape index (κ1) is 27.3. The first-order chi connectivity index (χ1) is 16.5. The van der Waals surface area contributed by atoms with Gasteiger partial charge >= 0.3 is 0 Å². The number of aliphatic hydroxyl groups is 1. The second-order valence-corrected chi connectivity index (χ2v) is 10.9. The molecule has 0 aliphatic heterocycles. The maximum absolute atomic E-state index is 13.8. The molecule has 1 amide bonds. The van der Waals surface area contributed by atoms with E-state index in [2.05, 4.69) is 55.7 Å². The van der Waals surface area contributed by atoms with Gasteiger partial charge in [-0.15, -0.1) is 0 Å². The predicted octanol–water partition coefficient (Wildman–Crippen LogP) is 5.51. The predicted molar refractivity (Wildman–Crippen MR) is 136 cm³/mol. The van der Waals surface area contributed by atoms with Crippen LogP contribution in [0.15, 0.2) is 42.5 Å². The number of rotatable bonds is 9. The zero-order valence-corrected chi connectivity index (χ0v) is 21.5. The lowest BCUT2D eigenvalue weighted by molar-refractivity contribution is -0.122. The number of hydrogen-bond donors (Lipinski definition) is 3. The van der Waals surface area contributed by atoms with Crippen LogP contribution in [0.2, 0.25) is 0 Å². The van der Waals surface area contributed by atoms with Crippen molar-refractivity contribution in [3.8, 4) is 0 Å². The van der Waals surface area contributed by atoms with Crippen molar-refractivity contribution in [2.24, 2.45) is 0 Å². The summed E-state index contributed by atoms with van der Waals surface area (Å²) in [5.74, 6) is -1.56. The number of nitrogens with one attached hydrogen (secondary N) is 2. The molecule has 0 bridgehead atoms. The summed E-state index contributed by atoms with van der Waals surface area (Å²) in [4.78, 5) is 12.2. The van der Waals surface area contributed by atoms with Gasteiger partial charge in [-0.3, -0.25) is 4.79 Å². The first-order valence-corrected chi connectivity index (χ1v) is 12.8. The fraction of sp³-hybridized carbons (Fsp3) is 0.552. The average molecular weight is 487 g/mol. The molecule has 2 aromatic rings. The molecular formula is C29H40F2N2O2. The van der Waals surface area contributed by atoms with Crippen LogP contribution in [0.3, 0.4) is 0 Å². The van der Waals surface area contributed by atoms with Crippen LogP contribution in [-0.4, -0.2) is 29.7 Å². The lowest BCUT2D eigenvalue weighted by atomic mass is 9.74. The third kappa shape index (κ3) is 7.34. The Morgan fingerprint density at radius 2 is 1.71 bits per heavy atom. The summed E-state index contributed by atoms with van der Waals surface area (Å²) in [6.45, 7) is 8.59. The molecule has 1 saturated carbocycles. The Balaban J connectivity index is 1.82. The Labute approximate surface area is 208 Å². The van der Waals surface area contributed by atoms with E-state index in [-0.39, 0.29) is 36.2 Å². The lowest BCUT2D eigenvalue weighted by Crippen LogP contribution is -2.53. The minimum absolute atomic E-state index is 0.0289. The second kappa shape index (κ2) is 11.6. The summed E-state index contributed by atoms with van der Waals surface area (Å²) < 4.78 is 27.5. The van der Waals surface area contributed by atoms with Gasteiger partial charge in [-0.1, -0.05) is 71.2 Å². The molecule has 3 N–H and O–H groups in total. The van der Waals surface area contributed by atoms with Gasteiger partial charge in [0.2, 0.25) is 5.91 Å². The molecule has 192 valence electrons. The van der Waals surface area contributed by atoms with E-state index in [0.717, 1.165) is 31.7 Å². The largest absolute Gasteiger partial charge is 0.390 e. The van der Waals surface area contributed by atoms with Crippen molar-refractivity contribution in [2.75, 3.05) is 6.54 Å². The fourth-order valence-electron chi connectivity index (χ4n) is 5.02. The van der Waals surface area contributed by atoms with E-state index >= 15 is 0 Å². The quantitative estimate of drug-likeness (QED) is 0.438. The molecule has 2 unspecified atom stereocenters. The lowest BCUT2D eigenvalue weighted by Gasteiger charge is -2.41. The molecule has 0 heterocycles. The third-order valence-electron chi connectivity index (χ3n) is 7.15. The van der Waals surface area contributed by atoms with Crippen LogP contribution < -0.4 is 10.6 Å². The number of benzene rings is 2. The normalized spacial score (nSPS) is 17.6. The SMILES string of the molecule is CCC(=O)NC(Cc1cc(F)cc(F)c1)C(O)CNC1(c2cccc(C(C)(C)C)c2)CCCCC1. The summed E-state index contributed by atoms with van der Waals surface area (Å²) in [5, 5.41) is 17.7. The highest BCUT2D eigenvalue weighted by Crippen LogP contribution is 2.38. The highest BCUT2D eigenvalue weighted by atomic mass is 19.1.